The second kappa shape index (κ2) is 23.2. The van der Waals surface area contributed by atoms with E-state index in [1.165, 1.54) is 39.0 Å². The van der Waals surface area contributed by atoms with Crippen molar-refractivity contribution in [3.05, 3.63) is 100.0 Å². The number of urea groups is 1. The zero-order valence-electron chi connectivity index (χ0n) is 47.2. The van der Waals surface area contributed by atoms with Gasteiger partial charge in [0.05, 0.1) is 54.8 Å². The lowest BCUT2D eigenvalue weighted by molar-refractivity contribution is -0.168. The molecule has 0 radical (unpaired) electrons. The fraction of sp³-hybridized carbons (Fsp3) is 0.541. The Labute approximate surface area is 477 Å². The van der Waals surface area contributed by atoms with Crippen molar-refractivity contribution < 1.29 is 43.2 Å². The van der Waals surface area contributed by atoms with Crippen LogP contribution in [-0.4, -0.2) is 167 Å². The van der Waals surface area contributed by atoms with Crippen LogP contribution in [0.4, 0.5) is 10.5 Å². The number of anilines is 1. The molecule has 0 spiro atoms. The number of hydrogen-bond acceptors (Lipinski definition) is 15. The molecule has 3 saturated heterocycles. The summed E-state index contributed by atoms with van der Waals surface area (Å²) in [5.74, 6) is -1.88. The summed E-state index contributed by atoms with van der Waals surface area (Å²) in [4.78, 5) is 76.8. The number of fused-ring (bicyclic) bond motifs is 8. The van der Waals surface area contributed by atoms with Gasteiger partial charge < -0.3 is 43.7 Å². The highest BCUT2D eigenvalue weighted by Gasteiger charge is 2.48. The lowest BCUT2D eigenvalue weighted by atomic mass is 9.67. The molecule has 81 heavy (non-hydrogen) atoms. The molecular formula is C61H76N10O9S. The van der Waals surface area contributed by atoms with Crippen LogP contribution in [0.25, 0.3) is 32.7 Å². The number of carbonyl (C=O) groups excluding carboxylic acids is 4. The van der Waals surface area contributed by atoms with E-state index in [9.17, 15) is 14.7 Å². The minimum absolute atomic E-state index is 0.0328. The Hall–Kier alpha value is -6.26. The summed E-state index contributed by atoms with van der Waals surface area (Å²) < 4.78 is 27.0. The molecule has 2 saturated carbocycles. The number of amides is 4. The predicted molar refractivity (Wildman–Crippen MR) is 307 cm³/mol. The van der Waals surface area contributed by atoms with Gasteiger partial charge in [-0.25, -0.2) is 20.0 Å². The molecule has 12 rings (SSSR count). The van der Waals surface area contributed by atoms with Crippen LogP contribution in [0.3, 0.4) is 0 Å². The van der Waals surface area contributed by atoms with Gasteiger partial charge in [0.1, 0.15) is 29.5 Å². The molecule has 3 aromatic heterocycles. The highest BCUT2D eigenvalue weighted by atomic mass is 32.1. The molecule has 430 valence electrons. The van der Waals surface area contributed by atoms with Gasteiger partial charge in [0.2, 0.25) is 0 Å². The van der Waals surface area contributed by atoms with Crippen molar-refractivity contribution in [2.24, 2.45) is 5.41 Å². The van der Waals surface area contributed by atoms with Gasteiger partial charge in [0, 0.05) is 106 Å². The number of ether oxygens (including phenoxy) is 4. The molecule has 7 aliphatic rings. The van der Waals surface area contributed by atoms with Crippen LogP contribution in [0, 0.1) is 5.41 Å². The number of thiazole rings is 1. The third-order valence-electron chi connectivity index (χ3n) is 17.8. The number of pyridine rings is 1. The van der Waals surface area contributed by atoms with Crippen molar-refractivity contribution in [3.8, 4) is 21.8 Å². The number of aryl methyl sites for hydroxylation is 1. The van der Waals surface area contributed by atoms with E-state index >= 15 is 9.59 Å². The number of morpholine rings is 1. The number of rotatable bonds is 10. The molecular weight excluding hydrogens is 1050 g/mol. The highest BCUT2D eigenvalue weighted by Crippen LogP contribution is 2.57. The predicted octanol–water partition coefficient (Wildman–Crippen LogP) is 7.14. The molecule has 3 N–H and O–H groups in total. The first kappa shape index (κ1) is 55.3. The average Bonchev–Trinajstić information content (AvgIpc) is 3.63. The van der Waals surface area contributed by atoms with Crippen molar-refractivity contribution >= 4 is 51.7 Å². The van der Waals surface area contributed by atoms with E-state index in [0.29, 0.717) is 44.5 Å². The summed E-state index contributed by atoms with van der Waals surface area (Å²) in [5.41, 5.74) is 12.3. The van der Waals surface area contributed by atoms with Crippen LogP contribution in [0.2, 0.25) is 0 Å². The normalized spacial score (nSPS) is 25.1. The Morgan fingerprint density at radius 2 is 1.78 bits per heavy atom. The molecule has 4 aliphatic heterocycles. The number of aromatic nitrogens is 3. The summed E-state index contributed by atoms with van der Waals surface area (Å²) in [6.07, 6.45) is 6.86. The van der Waals surface area contributed by atoms with E-state index in [4.69, 9.17) is 28.9 Å². The number of methoxy groups -OCH3 is 1. The minimum atomic E-state index is -1.30. The molecule has 6 bridgehead atoms. The SMILES string of the molecule is CCn1c2c3c4cc(ccc41)-c1nc(cs1)C[C@H](NC(=O)C(=C1CCCC1)N(C)C(=O)N1CCOC[C@@H]1C(=O)OCc1ccccc1)C(=O)N1CCC[C@H](N1)C(O)OCC(C)(C)C3[C@H](OC)c1ncc(N3CCN(C4CC4)CC3)cc1-2. The fourth-order valence-corrected chi connectivity index (χ4v) is 14.2. The van der Waals surface area contributed by atoms with E-state index in [2.05, 4.69) is 70.1 Å². The number of hydrazine groups is 1. The number of esters is 1. The van der Waals surface area contributed by atoms with Crippen LogP contribution in [0.1, 0.15) is 107 Å². The third kappa shape index (κ3) is 10.9. The fourth-order valence-electron chi connectivity index (χ4n) is 13.4. The smallest absolute Gasteiger partial charge is 0.331 e. The lowest BCUT2D eigenvalue weighted by Crippen LogP contribution is -2.61. The Balaban J connectivity index is 0.882. The number of benzene rings is 2. The van der Waals surface area contributed by atoms with Gasteiger partial charge >= 0.3 is 12.0 Å². The van der Waals surface area contributed by atoms with Crippen molar-refractivity contribution in [3.63, 3.8) is 0 Å². The Kier molecular flexibility index (Phi) is 15.8. The van der Waals surface area contributed by atoms with Crippen molar-refractivity contribution in [2.75, 3.05) is 78.1 Å². The van der Waals surface area contributed by atoms with Gasteiger partial charge in [-0.05, 0) is 105 Å². The molecule has 6 atom stereocenters. The summed E-state index contributed by atoms with van der Waals surface area (Å²) in [5, 5.41) is 20.4. The Morgan fingerprint density at radius 1 is 0.988 bits per heavy atom. The van der Waals surface area contributed by atoms with Gasteiger partial charge in [-0.15, -0.1) is 11.3 Å². The van der Waals surface area contributed by atoms with Crippen molar-refractivity contribution in [1.82, 2.24) is 45.0 Å². The van der Waals surface area contributed by atoms with Crippen molar-refractivity contribution in [1.29, 1.82) is 0 Å². The quantitative estimate of drug-likeness (QED) is 0.0943. The molecule has 5 aromatic rings. The number of nitrogens with zero attached hydrogens (tertiary/aromatic N) is 8. The van der Waals surface area contributed by atoms with E-state index in [1.54, 1.807) is 14.2 Å². The van der Waals surface area contributed by atoms with E-state index in [1.807, 2.05) is 41.9 Å². The summed E-state index contributed by atoms with van der Waals surface area (Å²) in [7, 11) is 3.31. The zero-order valence-corrected chi connectivity index (χ0v) is 48.1. The van der Waals surface area contributed by atoms with Crippen LogP contribution in [-0.2, 0) is 52.9 Å². The maximum Gasteiger partial charge on any atom is 0.331 e. The molecule has 2 unspecified atom stereocenters. The first-order valence-electron chi connectivity index (χ1n) is 29.2. The number of piperazine rings is 1. The number of nitrogens with one attached hydrogen (secondary N) is 2. The summed E-state index contributed by atoms with van der Waals surface area (Å²) >= 11 is 1.48. The molecule has 4 amide bonds. The van der Waals surface area contributed by atoms with Gasteiger partial charge in [0.15, 0.2) is 12.3 Å². The second-order valence-electron chi connectivity index (χ2n) is 23.6. The van der Waals surface area contributed by atoms with E-state index < -0.39 is 59.7 Å². The number of aliphatic hydroxyl groups is 1. The standard InChI is InChI=1S/C61H76N10O9S/c1-6-69-47-21-18-39-29-43(47)49-50(54(77-5)51-44(53(49)69)31-42(32-62-51)68-25-23-67(24-26-68)41-19-20-41)61(2,3)36-80-58(74)45-17-12-22-71(65-45)57(73)46(30-40-35-81-56(39)63-40)64-55(72)52(38-15-10-11-16-38)66(4)60(76)70-27-28-78-34-48(70)59(75)79-33-37-13-8-7-9-14-37/h7-9,13-14,18,21,29,31-32,35,41,45-46,48,50,54,58,65,74H,6,10-12,15-17,19-20,22-28,30,33-34,36H2,1-5H3,(H,64,72)/t45-,46-,48+,50?,54-,58?/m0/s1. The number of likely N-dealkylation sites (N-methyl/N-ethyl adjacent to an activating group) is 1. The molecule has 20 heteroatoms. The van der Waals surface area contributed by atoms with Crippen LogP contribution in [0.15, 0.2) is 77.4 Å². The van der Waals surface area contributed by atoms with Crippen molar-refractivity contribution in [2.45, 2.75) is 134 Å². The Morgan fingerprint density at radius 3 is 2.53 bits per heavy atom. The van der Waals surface area contributed by atoms with Crippen LogP contribution >= 0.6 is 11.3 Å². The first-order valence-corrected chi connectivity index (χ1v) is 30.0. The van der Waals surface area contributed by atoms with E-state index in [-0.39, 0.29) is 51.0 Å². The molecule has 3 aliphatic carbocycles. The number of hydrogen-bond donors (Lipinski definition) is 3. The maximum atomic E-state index is 15.1. The third-order valence-corrected chi connectivity index (χ3v) is 18.8. The monoisotopic (exact) mass is 1120 g/mol. The highest BCUT2D eigenvalue weighted by molar-refractivity contribution is 7.13. The van der Waals surface area contributed by atoms with Gasteiger partial charge in [-0.2, -0.15) is 0 Å². The number of aliphatic hydroxyl groups excluding tert-OH is 1. The van der Waals surface area contributed by atoms with Crippen LogP contribution in [0.5, 0.6) is 0 Å². The molecule has 7 heterocycles. The first-order chi connectivity index (χ1) is 39.3. The average molecular weight is 1130 g/mol. The van der Waals surface area contributed by atoms with Gasteiger partial charge in [-0.1, -0.05) is 44.2 Å². The maximum absolute atomic E-state index is 15.1. The molecule has 19 nitrogen and oxygen atoms in total. The summed E-state index contributed by atoms with van der Waals surface area (Å²) in [6.45, 7) is 12.0. The second-order valence-corrected chi connectivity index (χ2v) is 24.4. The van der Waals surface area contributed by atoms with E-state index in [0.717, 1.165) is 106 Å². The van der Waals surface area contributed by atoms with Gasteiger partial charge in [-0.3, -0.25) is 29.4 Å². The Bertz CT molecular complexity index is 3200. The molecule has 5 fully saturated rings. The minimum Gasteiger partial charge on any atom is -0.459 e. The number of carbonyl (C=O) groups is 4. The zero-order chi connectivity index (χ0) is 56.1. The van der Waals surface area contributed by atoms with Gasteiger partial charge in [0.25, 0.3) is 11.8 Å². The topological polar surface area (TPSA) is 196 Å². The summed E-state index contributed by atoms with van der Waals surface area (Å²) in [6, 6.07) is 15.5. The number of allylic oxidation sites excluding steroid dienone is 1. The lowest BCUT2D eigenvalue weighted by Gasteiger charge is -2.44. The van der Waals surface area contributed by atoms with Crippen LogP contribution < -0.4 is 15.6 Å². The molecule has 2 aromatic carbocycles. The largest absolute Gasteiger partial charge is 0.459 e.